The lowest BCUT2D eigenvalue weighted by Gasteiger charge is -2.10. The van der Waals surface area contributed by atoms with E-state index in [9.17, 15) is 14.4 Å². The monoisotopic (exact) mass is 522 g/mol. The number of hydrogen-bond donors (Lipinski definition) is 3. The van der Waals surface area contributed by atoms with Gasteiger partial charge in [0.15, 0.2) is 0 Å². The minimum atomic E-state index is -0.357. The van der Waals surface area contributed by atoms with Crippen LogP contribution < -0.4 is 16.0 Å². The SMILES string of the molecule is CN(C)CCCNC(=O)c1cc(NC(=O)c2cc(NC(=O)c3ccc(-c4ccoc4)s3)cn2C)cn1C. The van der Waals surface area contributed by atoms with Crippen molar-refractivity contribution in [2.45, 2.75) is 6.42 Å². The lowest BCUT2D eigenvalue weighted by atomic mass is 10.3. The van der Waals surface area contributed by atoms with Gasteiger partial charge in [0.2, 0.25) is 0 Å². The molecule has 4 rings (SSSR count). The Morgan fingerprint density at radius 3 is 2.19 bits per heavy atom. The molecular formula is C26H30N6O4S. The Hall–Kier alpha value is -4.09. The van der Waals surface area contributed by atoms with Crippen molar-refractivity contribution in [1.29, 1.82) is 0 Å². The Kier molecular flexibility index (Phi) is 7.95. The van der Waals surface area contributed by atoms with Crippen LogP contribution in [0.5, 0.6) is 0 Å². The highest BCUT2D eigenvalue weighted by atomic mass is 32.1. The molecule has 0 saturated heterocycles. The lowest BCUT2D eigenvalue weighted by Crippen LogP contribution is -2.28. The summed E-state index contributed by atoms with van der Waals surface area (Å²) in [6.45, 7) is 1.45. The quantitative estimate of drug-likeness (QED) is 0.274. The lowest BCUT2D eigenvalue weighted by molar-refractivity contribution is 0.0942. The Morgan fingerprint density at radius 2 is 1.57 bits per heavy atom. The maximum Gasteiger partial charge on any atom is 0.272 e. The predicted octanol–water partition coefficient (Wildman–Crippen LogP) is 3.87. The molecule has 0 unspecified atom stereocenters. The summed E-state index contributed by atoms with van der Waals surface area (Å²) < 4.78 is 8.41. The van der Waals surface area contributed by atoms with E-state index in [1.807, 2.05) is 26.2 Å². The van der Waals surface area contributed by atoms with E-state index in [-0.39, 0.29) is 17.7 Å². The molecule has 0 radical (unpaired) electrons. The van der Waals surface area contributed by atoms with Gasteiger partial charge in [-0.15, -0.1) is 11.3 Å². The van der Waals surface area contributed by atoms with Crippen LogP contribution in [0.3, 0.4) is 0 Å². The fourth-order valence-corrected chi connectivity index (χ4v) is 4.70. The minimum Gasteiger partial charge on any atom is -0.472 e. The molecule has 11 heteroatoms. The van der Waals surface area contributed by atoms with Gasteiger partial charge in [0.1, 0.15) is 11.4 Å². The largest absolute Gasteiger partial charge is 0.472 e. The normalized spacial score (nSPS) is 11.1. The average Bonchev–Trinajstić information content (AvgIpc) is 3.63. The van der Waals surface area contributed by atoms with Crippen LogP contribution in [0.2, 0.25) is 0 Å². The molecule has 37 heavy (non-hydrogen) atoms. The van der Waals surface area contributed by atoms with Crippen molar-refractivity contribution in [3.8, 4) is 10.4 Å². The number of aromatic nitrogens is 2. The van der Waals surface area contributed by atoms with E-state index in [1.165, 1.54) is 11.3 Å². The van der Waals surface area contributed by atoms with Crippen LogP contribution in [0.1, 0.15) is 37.1 Å². The number of furan rings is 1. The minimum absolute atomic E-state index is 0.199. The van der Waals surface area contributed by atoms with Gasteiger partial charge < -0.3 is 34.4 Å². The van der Waals surface area contributed by atoms with Crippen LogP contribution >= 0.6 is 11.3 Å². The molecule has 0 aromatic carbocycles. The van der Waals surface area contributed by atoms with Gasteiger partial charge in [-0.3, -0.25) is 14.4 Å². The summed E-state index contributed by atoms with van der Waals surface area (Å²) >= 11 is 1.35. The molecule has 0 fully saturated rings. The van der Waals surface area contributed by atoms with Crippen molar-refractivity contribution in [3.63, 3.8) is 0 Å². The van der Waals surface area contributed by atoms with Gasteiger partial charge in [-0.05, 0) is 57.4 Å². The second-order valence-electron chi connectivity index (χ2n) is 8.95. The van der Waals surface area contributed by atoms with Crippen LogP contribution in [0.15, 0.2) is 59.7 Å². The highest BCUT2D eigenvalue weighted by Crippen LogP contribution is 2.29. The van der Waals surface area contributed by atoms with Crippen LogP contribution in [-0.4, -0.2) is 58.9 Å². The summed E-state index contributed by atoms with van der Waals surface area (Å²) in [5.74, 6) is -0.818. The Balaban J connectivity index is 1.36. The van der Waals surface area contributed by atoms with Crippen LogP contribution in [0.4, 0.5) is 11.4 Å². The maximum absolute atomic E-state index is 12.9. The number of nitrogens with zero attached hydrogens (tertiary/aromatic N) is 3. The number of rotatable bonds is 10. The third-order valence-electron chi connectivity index (χ3n) is 5.69. The zero-order valence-corrected chi connectivity index (χ0v) is 22.0. The second-order valence-corrected chi connectivity index (χ2v) is 10.0. The van der Waals surface area contributed by atoms with E-state index in [1.54, 1.807) is 66.3 Å². The van der Waals surface area contributed by atoms with Crippen molar-refractivity contribution >= 4 is 40.4 Å². The van der Waals surface area contributed by atoms with Gasteiger partial charge in [0, 0.05) is 43.5 Å². The van der Waals surface area contributed by atoms with Crippen LogP contribution in [0.25, 0.3) is 10.4 Å². The summed E-state index contributed by atoms with van der Waals surface area (Å²) in [5.41, 5.74) is 2.73. The van der Waals surface area contributed by atoms with Gasteiger partial charge in [0.05, 0.1) is 28.8 Å². The molecule has 0 spiro atoms. The van der Waals surface area contributed by atoms with E-state index < -0.39 is 0 Å². The van der Waals surface area contributed by atoms with Gasteiger partial charge in [0.25, 0.3) is 17.7 Å². The molecule has 0 aliphatic carbocycles. The molecule has 3 N–H and O–H groups in total. The first-order chi connectivity index (χ1) is 17.7. The van der Waals surface area contributed by atoms with Gasteiger partial charge >= 0.3 is 0 Å². The van der Waals surface area contributed by atoms with Crippen molar-refractivity contribution in [2.24, 2.45) is 14.1 Å². The third kappa shape index (κ3) is 6.38. The molecule has 0 aliphatic rings. The zero-order chi connectivity index (χ0) is 26.5. The summed E-state index contributed by atoms with van der Waals surface area (Å²) in [5, 5.41) is 8.57. The van der Waals surface area contributed by atoms with E-state index in [0.29, 0.717) is 34.2 Å². The number of carbonyl (C=O) groups is 3. The Morgan fingerprint density at radius 1 is 0.919 bits per heavy atom. The van der Waals surface area contributed by atoms with Crippen molar-refractivity contribution < 1.29 is 18.8 Å². The Labute approximate surface area is 218 Å². The first kappa shape index (κ1) is 26.0. The van der Waals surface area contributed by atoms with Gasteiger partial charge in [-0.2, -0.15) is 0 Å². The number of amides is 3. The molecular weight excluding hydrogens is 492 g/mol. The van der Waals surface area contributed by atoms with E-state index in [2.05, 4.69) is 20.9 Å². The molecule has 0 bridgehead atoms. The predicted molar refractivity (Wildman–Crippen MR) is 144 cm³/mol. The smallest absolute Gasteiger partial charge is 0.272 e. The highest BCUT2D eigenvalue weighted by Gasteiger charge is 2.18. The molecule has 4 aromatic heterocycles. The highest BCUT2D eigenvalue weighted by molar-refractivity contribution is 7.17. The second kappa shape index (κ2) is 11.3. The number of hydrogen-bond acceptors (Lipinski definition) is 6. The standard InChI is InChI=1S/C26H30N6O4S/c1-30(2)10-5-9-27-24(33)20-12-18(14-31(20)3)28-25(34)21-13-19(15-32(21)4)29-26(35)23-7-6-22(37-23)17-8-11-36-16-17/h6-8,11-16H,5,9-10H2,1-4H3,(H,27,33)(H,28,34)(H,29,35). The molecule has 3 amide bonds. The summed E-state index contributed by atoms with van der Waals surface area (Å²) in [6, 6.07) is 8.71. The van der Waals surface area contributed by atoms with E-state index in [0.717, 1.165) is 23.4 Å². The number of anilines is 2. The molecule has 194 valence electrons. The third-order valence-corrected chi connectivity index (χ3v) is 6.83. The van der Waals surface area contributed by atoms with Gasteiger partial charge in [-0.1, -0.05) is 0 Å². The molecule has 0 saturated carbocycles. The molecule has 0 atom stereocenters. The number of aryl methyl sites for hydroxylation is 2. The molecule has 4 aromatic rings. The van der Waals surface area contributed by atoms with Crippen molar-refractivity contribution in [2.75, 3.05) is 37.8 Å². The van der Waals surface area contributed by atoms with E-state index in [4.69, 9.17) is 4.42 Å². The fourth-order valence-electron chi connectivity index (χ4n) is 3.81. The summed E-state index contributed by atoms with van der Waals surface area (Å²) in [7, 11) is 7.45. The first-order valence-corrected chi connectivity index (χ1v) is 12.5. The Bertz CT molecular complexity index is 1400. The van der Waals surface area contributed by atoms with Gasteiger partial charge in [-0.25, -0.2) is 0 Å². The molecule has 4 heterocycles. The topological polar surface area (TPSA) is 114 Å². The number of thiophene rings is 1. The fraction of sp³-hybridized carbons (Fsp3) is 0.269. The van der Waals surface area contributed by atoms with Crippen molar-refractivity contribution in [3.05, 3.63) is 71.5 Å². The molecule has 10 nitrogen and oxygen atoms in total. The van der Waals surface area contributed by atoms with Crippen LogP contribution in [-0.2, 0) is 14.1 Å². The van der Waals surface area contributed by atoms with Crippen LogP contribution in [0, 0.1) is 0 Å². The summed E-state index contributed by atoms with van der Waals surface area (Å²) in [4.78, 5) is 41.7. The molecule has 0 aliphatic heterocycles. The maximum atomic E-state index is 12.9. The average molecular weight is 523 g/mol. The van der Waals surface area contributed by atoms with E-state index >= 15 is 0 Å². The van der Waals surface area contributed by atoms with Crippen molar-refractivity contribution in [1.82, 2.24) is 19.4 Å². The number of nitrogens with one attached hydrogen (secondary N) is 3. The zero-order valence-electron chi connectivity index (χ0n) is 21.2. The first-order valence-electron chi connectivity index (χ1n) is 11.7. The number of carbonyl (C=O) groups excluding carboxylic acids is 3. The summed E-state index contributed by atoms with van der Waals surface area (Å²) in [6.07, 6.45) is 7.42.